The highest BCUT2D eigenvalue weighted by Crippen LogP contribution is 2.35. The van der Waals surface area contributed by atoms with Gasteiger partial charge in [-0.05, 0) is 97.0 Å². The van der Waals surface area contributed by atoms with E-state index in [0.29, 0.717) is 43.1 Å². The molecule has 0 radical (unpaired) electrons. The van der Waals surface area contributed by atoms with Gasteiger partial charge in [0.05, 0.1) is 22.6 Å². The Morgan fingerprint density at radius 2 is 1.86 bits per heavy atom. The lowest BCUT2D eigenvalue weighted by molar-refractivity contribution is -0.512. The van der Waals surface area contributed by atoms with Gasteiger partial charge in [-0.15, -0.1) is 0 Å². The van der Waals surface area contributed by atoms with Crippen LogP contribution in [-0.2, 0) is 5.60 Å². The number of benzene rings is 2. The van der Waals surface area contributed by atoms with E-state index in [2.05, 4.69) is 33.5 Å². The van der Waals surface area contributed by atoms with E-state index in [0.717, 1.165) is 48.1 Å². The van der Waals surface area contributed by atoms with Crippen LogP contribution < -0.4 is 20.0 Å². The molecule has 2 aliphatic rings. The predicted molar refractivity (Wildman–Crippen MR) is 165 cm³/mol. The molecule has 3 N–H and O–H groups in total. The normalized spacial score (nSPS) is 19.1. The quantitative estimate of drug-likeness (QED) is 0.269. The van der Waals surface area contributed by atoms with Gasteiger partial charge in [0.25, 0.3) is 12.2 Å². The molecule has 2 fully saturated rings. The minimum atomic E-state index is -0.863. The molecule has 42 heavy (non-hydrogen) atoms. The number of carbonyl (C=O) groups is 1. The van der Waals surface area contributed by atoms with E-state index in [1.54, 1.807) is 4.79 Å². The Kier molecular flexibility index (Phi) is 8.33. The highest BCUT2D eigenvalue weighted by Gasteiger charge is 2.35. The van der Waals surface area contributed by atoms with Gasteiger partial charge in [-0.25, -0.2) is 5.43 Å². The van der Waals surface area contributed by atoms with Gasteiger partial charge in [-0.3, -0.25) is 4.79 Å². The summed E-state index contributed by atoms with van der Waals surface area (Å²) >= 11 is 6.05. The second kappa shape index (κ2) is 12.3. The zero-order chi connectivity index (χ0) is 29.1. The summed E-state index contributed by atoms with van der Waals surface area (Å²) in [7, 11) is 0. The highest BCUT2D eigenvalue weighted by atomic mass is 35.5. The number of halogens is 1. The van der Waals surface area contributed by atoms with E-state index in [1.807, 2.05) is 71.5 Å². The maximum absolute atomic E-state index is 12.7. The Hall–Kier alpha value is -3.66. The molecule has 0 aliphatic carbocycles. The SMILES string of the molecule is CC1CCCN(CCNC(=O)c2ccc(Nn3c[n+]4cccc(N5CCC(O)(c6ccc(Cl)cc6)CC5)c4n3)cc2)C1. The van der Waals surface area contributed by atoms with E-state index < -0.39 is 5.60 Å². The van der Waals surface area contributed by atoms with Crippen molar-refractivity contribution in [2.24, 2.45) is 5.92 Å². The summed E-state index contributed by atoms with van der Waals surface area (Å²) in [6.45, 7) is 7.49. The molecule has 2 saturated heterocycles. The smallest absolute Gasteiger partial charge is 0.332 e. The molecular formula is C32H39ClN7O2+. The third-order valence-corrected chi connectivity index (χ3v) is 8.82. The average molecular weight is 589 g/mol. The maximum Gasteiger partial charge on any atom is 0.332 e. The molecule has 0 spiro atoms. The van der Waals surface area contributed by atoms with Crippen LogP contribution >= 0.6 is 11.6 Å². The molecule has 2 aliphatic heterocycles. The fraction of sp³-hybridized carbons (Fsp3) is 0.406. The molecule has 220 valence electrons. The second-order valence-corrected chi connectivity index (χ2v) is 12.1. The number of nitrogens with one attached hydrogen (secondary N) is 2. The Morgan fingerprint density at radius 3 is 2.60 bits per heavy atom. The lowest BCUT2D eigenvalue weighted by Crippen LogP contribution is -2.43. The van der Waals surface area contributed by atoms with E-state index in [9.17, 15) is 9.90 Å². The van der Waals surface area contributed by atoms with Crippen molar-refractivity contribution in [3.8, 4) is 0 Å². The third-order valence-electron chi connectivity index (χ3n) is 8.57. The number of piperidine rings is 2. The van der Waals surface area contributed by atoms with Crippen molar-refractivity contribution in [3.63, 3.8) is 0 Å². The first-order valence-corrected chi connectivity index (χ1v) is 15.2. The summed E-state index contributed by atoms with van der Waals surface area (Å²) in [6.07, 6.45) is 7.62. The van der Waals surface area contributed by atoms with Crippen molar-refractivity contribution in [1.29, 1.82) is 0 Å². The average Bonchev–Trinajstić information content (AvgIpc) is 3.41. The zero-order valence-electron chi connectivity index (χ0n) is 24.0. The molecule has 1 atom stereocenters. The molecule has 9 nitrogen and oxygen atoms in total. The van der Waals surface area contributed by atoms with Crippen LogP contribution in [0.4, 0.5) is 11.4 Å². The van der Waals surface area contributed by atoms with Gasteiger partial charge in [-0.2, -0.15) is 4.40 Å². The highest BCUT2D eigenvalue weighted by molar-refractivity contribution is 6.30. The van der Waals surface area contributed by atoms with Gasteiger partial charge in [0.2, 0.25) is 0 Å². The first kappa shape index (κ1) is 28.5. The number of aromatic nitrogens is 3. The van der Waals surface area contributed by atoms with Crippen LogP contribution in [0.3, 0.4) is 0 Å². The standard InChI is InChI=1S/C32H38ClN7O2/c1-24-4-2-17-37(22-24)21-16-34-31(41)25-6-12-28(13-7-25)35-40-23-39-18-3-5-29(30(39)36-40)38-19-14-32(42,15-20-38)26-8-10-27(33)11-9-26/h3,5-13,18,23-24,42H,2,4,14-17,19-22H2,1H3,(H-,34,35,41)/p+1. The monoisotopic (exact) mass is 588 g/mol. The van der Waals surface area contributed by atoms with Crippen molar-refractivity contribution in [3.05, 3.63) is 89.3 Å². The third kappa shape index (κ3) is 6.38. The summed E-state index contributed by atoms with van der Waals surface area (Å²) in [5.74, 6) is 0.681. The van der Waals surface area contributed by atoms with Crippen molar-refractivity contribution in [2.75, 3.05) is 49.6 Å². The van der Waals surface area contributed by atoms with Gasteiger partial charge < -0.3 is 20.2 Å². The number of anilines is 2. The van der Waals surface area contributed by atoms with E-state index in [1.165, 1.54) is 12.8 Å². The van der Waals surface area contributed by atoms with Crippen LogP contribution in [0.15, 0.2) is 73.2 Å². The van der Waals surface area contributed by atoms with Crippen LogP contribution in [0.2, 0.25) is 5.02 Å². The van der Waals surface area contributed by atoms with Crippen molar-refractivity contribution in [2.45, 2.75) is 38.2 Å². The van der Waals surface area contributed by atoms with Crippen LogP contribution in [0.5, 0.6) is 0 Å². The van der Waals surface area contributed by atoms with Crippen molar-refractivity contribution in [1.82, 2.24) is 20.1 Å². The van der Waals surface area contributed by atoms with Crippen LogP contribution in [0.1, 0.15) is 48.5 Å². The Balaban J connectivity index is 1.06. The van der Waals surface area contributed by atoms with Crippen LogP contribution in [-0.4, -0.2) is 65.1 Å². The molecule has 1 unspecified atom stereocenters. The number of fused-ring (bicyclic) bond motifs is 1. The molecular weight excluding hydrogens is 550 g/mol. The van der Waals surface area contributed by atoms with Gasteiger partial charge >= 0.3 is 5.65 Å². The second-order valence-electron chi connectivity index (χ2n) is 11.7. The Bertz CT molecular complexity index is 1510. The molecule has 2 aromatic carbocycles. The number of carbonyl (C=O) groups excluding carboxylic acids is 1. The first-order valence-electron chi connectivity index (χ1n) is 14.9. The molecule has 4 aromatic rings. The van der Waals surface area contributed by atoms with Gasteiger partial charge in [0.15, 0.2) is 0 Å². The molecule has 0 saturated carbocycles. The summed E-state index contributed by atoms with van der Waals surface area (Å²) in [6, 6.07) is 19.0. The fourth-order valence-corrected chi connectivity index (χ4v) is 6.29. The molecule has 4 heterocycles. The summed E-state index contributed by atoms with van der Waals surface area (Å²) in [5.41, 5.74) is 6.64. The number of nitrogens with zero attached hydrogens (tertiary/aromatic N) is 5. The number of hydrogen-bond acceptors (Lipinski definition) is 6. The lowest BCUT2D eigenvalue weighted by atomic mass is 9.84. The van der Waals surface area contributed by atoms with Crippen molar-refractivity contribution < 1.29 is 14.3 Å². The van der Waals surface area contributed by atoms with Gasteiger partial charge in [-0.1, -0.05) is 30.7 Å². The van der Waals surface area contributed by atoms with Crippen molar-refractivity contribution >= 4 is 34.5 Å². The Morgan fingerprint density at radius 1 is 1.10 bits per heavy atom. The molecule has 10 heteroatoms. The fourth-order valence-electron chi connectivity index (χ4n) is 6.16. The number of likely N-dealkylation sites (tertiary alicyclic amines) is 1. The maximum atomic E-state index is 12.7. The number of rotatable bonds is 8. The minimum absolute atomic E-state index is 0.0545. The first-order chi connectivity index (χ1) is 20.4. The van der Waals surface area contributed by atoms with Crippen LogP contribution in [0.25, 0.3) is 5.65 Å². The Labute approximate surface area is 251 Å². The summed E-state index contributed by atoms with van der Waals surface area (Å²) < 4.78 is 1.98. The van der Waals surface area contributed by atoms with Crippen LogP contribution in [0, 0.1) is 5.92 Å². The van der Waals surface area contributed by atoms with E-state index >= 15 is 0 Å². The van der Waals surface area contributed by atoms with Gasteiger partial charge in [0, 0.05) is 43.3 Å². The van der Waals surface area contributed by atoms with E-state index in [-0.39, 0.29) is 5.91 Å². The summed E-state index contributed by atoms with van der Waals surface area (Å²) in [5, 5.41) is 19.8. The topological polar surface area (TPSA) is 89.8 Å². The predicted octanol–water partition coefficient (Wildman–Crippen LogP) is 4.10. The largest absolute Gasteiger partial charge is 0.385 e. The van der Waals surface area contributed by atoms with E-state index in [4.69, 9.17) is 16.7 Å². The number of pyridine rings is 1. The number of aliphatic hydroxyl groups is 1. The molecule has 2 aromatic heterocycles. The minimum Gasteiger partial charge on any atom is -0.385 e. The molecule has 6 rings (SSSR count). The van der Waals surface area contributed by atoms with Gasteiger partial charge in [0.1, 0.15) is 5.69 Å². The number of hydrogen-bond donors (Lipinski definition) is 3. The zero-order valence-corrected chi connectivity index (χ0v) is 24.8. The summed E-state index contributed by atoms with van der Waals surface area (Å²) in [4.78, 5) is 19.1. The molecule has 1 amide bonds. The molecule has 0 bridgehead atoms. The lowest BCUT2D eigenvalue weighted by Gasteiger charge is -2.39. The number of amides is 1.